The van der Waals surface area contributed by atoms with E-state index in [1.54, 1.807) is 4.90 Å². The third kappa shape index (κ3) is 4.76. The van der Waals surface area contributed by atoms with Gasteiger partial charge in [-0.2, -0.15) is 0 Å². The highest BCUT2D eigenvalue weighted by molar-refractivity contribution is 5.95. The molecular formula is C29H29NO4. The molecule has 0 aromatic heterocycles. The normalized spacial score (nSPS) is 22.0. The molecule has 5 heteroatoms. The summed E-state index contributed by atoms with van der Waals surface area (Å²) in [7, 11) is 0. The van der Waals surface area contributed by atoms with Crippen molar-refractivity contribution in [3.63, 3.8) is 0 Å². The summed E-state index contributed by atoms with van der Waals surface area (Å²) in [5.41, 5.74) is 4.22. The maximum Gasteiger partial charge on any atom is 0.289 e. The van der Waals surface area contributed by atoms with E-state index in [-0.39, 0.29) is 17.7 Å². The van der Waals surface area contributed by atoms with Crippen molar-refractivity contribution in [2.45, 2.75) is 31.8 Å². The number of benzene rings is 3. The molecule has 34 heavy (non-hydrogen) atoms. The Hall–Kier alpha value is -3.41. The molecule has 3 atom stereocenters. The number of ether oxygens (including phenoxy) is 2. The van der Waals surface area contributed by atoms with Gasteiger partial charge < -0.3 is 19.5 Å². The minimum absolute atomic E-state index is 0.106. The average molecular weight is 456 g/mol. The van der Waals surface area contributed by atoms with Crippen LogP contribution >= 0.6 is 0 Å². The Kier molecular flexibility index (Phi) is 6.74. The lowest BCUT2D eigenvalue weighted by Crippen LogP contribution is -2.36. The highest BCUT2D eigenvalue weighted by Gasteiger charge is 2.46. The number of hydrogen-bond acceptors (Lipinski definition) is 4. The highest BCUT2D eigenvalue weighted by Crippen LogP contribution is 2.45. The second kappa shape index (κ2) is 10.2. The Balaban J connectivity index is 1.34. The van der Waals surface area contributed by atoms with Crippen LogP contribution < -0.4 is 0 Å². The number of hydrogen-bond donors (Lipinski definition) is 1. The molecule has 0 saturated heterocycles. The number of amides is 1. The zero-order valence-electron chi connectivity index (χ0n) is 19.0. The quantitative estimate of drug-likeness (QED) is 0.503. The summed E-state index contributed by atoms with van der Waals surface area (Å²) in [6.45, 7) is 2.03. The number of rotatable bonds is 8. The SMILES string of the molecule is O=C1C2=C(CN1Cc1ccccc1)[C@@H](c1ccccc1)[C@H](CCOCc1ccccc1)[C@H](O)O2. The molecule has 1 amide bonds. The zero-order valence-corrected chi connectivity index (χ0v) is 19.0. The molecule has 2 heterocycles. The van der Waals surface area contributed by atoms with Gasteiger partial charge in [-0.1, -0.05) is 91.0 Å². The Morgan fingerprint density at radius 3 is 2.18 bits per heavy atom. The predicted octanol–water partition coefficient (Wildman–Crippen LogP) is 4.64. The van der Waals surface area contributed by atoms with Crippen molar-refractivity contribution in [3.8, 4) is 0 Å². The highest BCUT2D eigenvalue weighted by atomic mass is 16.6. The first-order valence-corrected chi connectivity index (χ1v) is 11.8. The minimum Gasteiger partial charge on any atom is -0.459 e. The molecule has 0 unspecified atom stereocenters. The van der Waals surface area contributed by atoms with Gasteiger partial charge in [-0.25, -0.2) is 0 Å². The summed E-state index contributed by atoms with van der Waals surface area (Å²) in [5, 5.41) is 11.0. The molecule has 5 nitrogen and oxygen atoms in total. The predicted molar refractivity (Wildman–Crippen MR) is 129 cm³/mol. The van der Waals surface area contributed by atoms with Gasteiger partial charge in [-0.15, -0.1) is 0 Å². The van der Waals surface area contributed by atoms with Crippen LogP contribution in [0.4, 0.5) is 0 Å². The van der Waals surface area contributed by atoms with Gasteiger partial charge in [0.1, 0.15) is 0 Å². The van der Waals surface area contributed by atoms with E-state index in [0.29, 0.717) is 38.5 Å². The molecule has 1 N–H and O–H groups in total. The van der Waals surface area contributed by atoms with E-state index in [9.17, 15) is 9.90 Å². The largest absolute Gasteiger partial charge is 0.459 e. The van der Waals surface area contributed by atoms with Crippen LogP contribution in [-0.2, 0) is 27.4 Å². The Bertz CT molecular complexity index is 1130. The van der Waals surface area contributed by atoms with Crippen molar-refractivity contribution in [1.29, 1.82) is 0 Å². The number of aliphatic hydroxyl groups is 1. The van der Waals surface area contributed by atoms with Crippen molar-refractivity contribution in [2.24, 2.45) is 5.92 Å². The van der Waals surface area contributed by atoms with Gasteiger partial charge in [-0.05, 0) is 23.1 Å². The topological polar surface area (TPSA) is 59.0 Å². The third-order valence-corrected chi connectivity index (χ3v) is 6.62. The maximum atomic E-state index is 13.2. The number of aliphatic hydroxyl groups excluding tert-OH is 1. The standard InChI is InChI=1S/C29H29NO4/c31-28-27-25(19-30(28)18-21-10-4-1-5-11-21)26(23-14-8-3-9-15-23)24(29(32)34-27)16-17-33-20-22-12-6-2-7-13-22/h1-15,24,26,29,32H,16-20H2/t24-,26-,29+/m0/s1. The number of carbonyl (C=O) groups excluding carboxylic acids is 1. The van der Waals surface area contributed by atoms with Gasteiger partial charge >= 0.3 is 0 Å². The molecule has 0 bridgehead atoms. The van der Waals surface area contributed by atoms with Crippen LogP contribution in [0, 0.1) is 5.92 Å². The van der Waals surface area contributed by atoms with E-state index >= 15 is 0 Å². The van der Waals surface area contributed by atoms with Crippen LogP contribution in [0.25, 0.3) is 0 Å². The molecule has 2 aliphatic heterocycles. The molecule has 3 aromatic rings. The summed E-state index contributed by atoms with van der Waals surface area (Å²) < 4.78 is 11.8. The lowest BCUT2D eigenvalue weighted by Gasteiger charge is -2.36. The van der Waals surface area contributed by atoms with Crippen molar-refractivity contribution < 1.29 is 19.4 Å². The first kappa shape index (κ1) is 22.4. The molecule has 0 saturated carbocycles. The van der Waals surface area contributed by atoms with E-state index in [4.69, 9.17) is 9.47 Å². The zero-order chi connectivity index (χ0) is 23.3. The Morgan fingerprint density at radius 2 is 1.50 bits per heavy atom. The Labute approximate surface area is 200 Å². The van der Waals surface area contributed by atoms with E-state index in [1.807, 2.05) is 78.9 Å². The summed E-state index contributed by atoms with van der Waals surface area (Å²) in [5.74, 6) is -0.164. The minimum atomic E-state index is -1.06. The van der Waals surface area contributed by atoms with E-state index in [1.165, 1.54) is 0 Å². The van der Waals surface area contributed by atoms with Gasteiger partial charge in [0.2, 0.25) is 6.29 Å². The van der Waals surface area contributed by atoms with Gasteiger partial charge in [0.15, 0.2) is 5.76 Å². The van der Waals surface area contributed by atoms with Crippen LogP contribution in [0.15, 0.2) is 102 Å². The van der Waals surface area contributed by atoms with E-state index in [2.05, 4.69) is 12.1 Å². The van der Waals surface area contributed by atoms with Gasteiger partial charge in [-0.3, -0.25) is 4.79 Å². The first-order chi connectivity index (χ1) is 16.7. The molecule has 3 aromatic carbocycles. The summed E-state index contributed by atoms with van der Waals surface area (Å²) >= 11 is 0. The fraction of sp³-hybridized carbons (Fsp3) is 0.276. The monoisotopic (exact) mass is 455 g/mol. The maximum absolute atomic E-state index is 13.2. The van der Waals surface area contributed by atoms with Crippen molar-refractivity contribution in [3.05, 3.63) is 119 Å². The fourth-order valence-corrected chi connectivity index (χ4v) is 4.96. The fourth-order valence-electron chi connectivity index (χ4n) is 4.96. The van der Waals surface area contributed by atoms with Crippen LogP contribution in [0.3, 0.4) is 0 Å². The van der Waals surface area contributed by atoms with Crippen molar-refractivity contribution >= 4 is 5.91 Å². The smallest absolute Gasteiger partial charge is 0.289 e. The van der Waals surface area contributed by atoms with Crippen molar-refractivity contribution in [1.82, 2.24) is 4.90 Å². The van der Waals surface area contributed by atoms with Gasteiger partial charge in [0.05, 0.1) is 6.61 Å². The first-order valence-electron chi connectivity index (χ1n) is 11.8. The summed E-state index contributed by atoms with van der Waals surface area (Å²) in [6.07, 6.45) is -0.443. The lowest BCUT2D eigenvalue weighted by atomic mass is 9.77. The summed E-state index contributed by atoms with van der Waals surface area (Å²) in [4.78, 5) is 15.0. The van der Waals surface area contributed by atoms with Crippen LogP contribution in [0.1, 0.15) is 29.0 Å². The number of carbonyl (C=O) groups is 1. The Morgan fingerprint density at radius 1 is 0.882 bits per heavy atom. The lowest BCUT2D eigenvalue weighted by molar-refractivity contribution is -0.147. The van der Waals surface area contributed by atoms with Crippen LogP contribution in [-0.4, -0.2) is 35.4 Å². The van der Waals surface area contributed by atoms with E-state index < -0.39 is 6.29 Å². The second-order valence-corrected chi connectivity index (χ2v) is 8.89. The molecule has 5 rings (SSSR count). The molecule has 0 spiro atoms. The van der Waals surface area contributed by atoms with Crippen LogP contribution in [0.2, 0.25) is 0 Å². The van der Waals surface area contributed by atoms with Gasteiger partial charge in [0, 0.05) is 37.1 Å². The third-order valence-electron chi connectivity index (χ3n) is 6.62. The van der Waals surface area contributed by atoms with Crippen LogP contribution in [0.5, 0.6) is 0 Å². The van der Waals surface area contributed by atoms with Crippen molar-refractivity contribution in [2.75, 3.05) is 13.2 Å². The molecular weight excluding hydrogens is 426 g/mol. The second-order valence-electron chi connectivity index (χ2n) is 8.89. The molecule has 0 aliphatic carbocycles. The average Bonchev–Trinajstić information content (AvgIpc) is 3.18. The molecule has 0 radical (unpaired) electrons. The van der Waals surface area contributed by atoms with Gasteiger partial charge in [0.25, 0.3) is 5.91 Å². The van der Waals surface area contributed by atoms with E-state index in [0.717, 1.165) is 22.3 Å². The molecule has 0 fully saturated rings. The number of nitrogens with zero attached hydrogens (tertiary/aromatic N) is 1. The molecule has 2 aliphatic rings. The molecule has 174 valence electrons. The summed E-state index contributed by atoms with van der Waals surface area (Å²) in [6, 6.07) is 30.1.